The van der Waals surface area contributed by atoms with Crippen molar-refractivity contribution in [3.8, 4) is 0 Å². The van der Waals surface area contributed by atoms with Gasteiger partial charge in [0.15, 0.2) is 0 Å². The van der Waals surface area contributed by atoms with Crippen LogP contribution >= 0.6 is 0 Å². The number of amides is 1. The first-order valence-corrected chi connectivity index (χ1v) is 7.37. The minimum atomic E-state index is 0.107. The van der Waals surface area contributed by atoms with Crippen LogP contribution in [0.5, 0.6) is 0 Å². The normalized spacial score (nSPS) is 16.7. The van der Waals surface area contributed by atoms with Crippen molar-refractivity contribution in [1.29, 1.82) is 0 Å². The molecule has 0 saturated carbocycles. The summed E-state index contributed by atoms with van der Waals surface area (Å²) in [5.74, 6) is 0.107. The molecule has 1 aliphatic heterocycles. The molecule has 0 radical (unpaired) electrons. The van der Waals surface area contributed by atoms with Crippen LogP contribution in [0, 0.1) is 0 Å². The standard InChI is InChI=1S/C18H20N2O/c1-19-11-13-20(14-12-19)18(21)10-9-16-7-4-6-15-5-2-3-8-17(15)16/h2-10H,11-14H2,1H3/b10-9+. The summed E-state index contributed by atoms with van der Waals surface area (Å²) in [5.41, 5.74) is 1.09. The van der Waals surface area contributed by atoms with Gasteiger partial charge in [-0.15, -0.1) is 0 Å². The number of nitrogens with zero attached hydrogens (tertiary/aromatic N) is 2. The molecule has 3 heteroatoms. The molecule has 21 heavy (non-hydrogen) atoms. The van der Waals surface area contributed by atoms with Crippen LogP contribution in [0.15, 0.2) is 48.5 Å². The zero-order valence-corrected chi connectivity index (χ0v) is 12.3. The second-order valence-corrected chi connectivity index (χ2v) is 5.53. The Morgan fingerprint density at radius 2 is 1.71 bits per heavy atom. The van der Waals surface area contributed by atoms with Crippen LogP contribution in [0.1, 0.15) is 5.56 Å². The maximum Gasteiger partial charge on any atom is 0.246 e. The number of fused-ring (bicyclic) bond motifs is 1. The summed E-state index contributed by atoms with van der Waals surface area (Å²) in [6.07, 6.45) is 3.64. The van der Waals surface area contributed by atoms with Crippen molar-refractivity contribution >= 4 is 22.8 Å². The van der Waals surface area contributed by atoms with E-state index in [1.807, 2.05) is 29.2 Å². The van der Waals surface area contributed by atoms with E-state index in [9.17, 15) is 4.79 Å². The summed E-state index contributed by atoms with van der Waals surface area (Å²) in [6, 6.07) is 14.4. The van der Waals surface area contributed by atoms with Gasteiger partial charge >= 0.3 is 0 Å². The van der Waals surface area contributed by atoms with E-state index in [1.54, 1.807) is 6.08 Å². The molecule has 3 nitrogen and oxygen atoms in total. The van der Waals surface area contributed by atoms with Gasteiger partial charge in [0.05, 0.1) is 0 Å². The molecule has 1 aliphatic rings. The monoisotopic (exact) mass is 280 g/mol. The number of hydrogen-bond donors (Lipinski definition) is 0. The van der Waals surface area contributed by atoms with Gasteiger partial charge in [0.2, 0.25) is 5.91 Å². The minimum absolute atomic E-state index is 0.107. The van der Waals surface area contributed by atoms with Crippen LogP contribution in [0.3, 0.4) is 0 Å². The highest BCUT2D eigenvalue weighted by Gasteiger charge is 2.16. The highest BCUT2D eigenvalue weighted by atomic mass is 16.2. The van der Waals surface area contributed by atoms with Crippen LogP contribution in [0.2, 0.25) is 0 Å². The quantitative estimate of drug-likeness (QED) is 0.790. The molecule has 0 aliphatic carbocycles. The van der Waals surface area contributed by atoms with E-state index in [0.29, 0.717) is 0 Å². The molecule has 2 aromatic carbocycles. The number of benzene rings is 2. The van der Waals surface area contributed by atoms with Crippen molar-refractivity contribution in [2.75, 3.05) is 33.2 Å². The lowest BCUT2D eigenvalue weighted by molar-refractivity contribution is -0.127. The Labute approximate surface area is 125 Å². The van der Waals surface area contributed by atoms with Gasteiger partial charge in [-0.25, -0.2) is 0 Å². The predicted octanol–water partition coefficient (Wildman–Crippen LogP) is 2.63. The van der Waals surface area contributed by atoms with Crippen molar-refractivity contribution in [3.63, 3.8) is 0 Å². The van der Waals surface area contributed by atoms with Crippen molar-refractivity contribution in [1.82, 2.24) is 9.80 Å². The van der Waals surface area contributed by atoms with Crippen LogP contribution < -0.4 is 0 Å². The third-order valence-corrected chi connectivity index (χ3v) is 4.04. The zero-order valence-electron chi connectivity index (χ0n) is 12.3. The summed E-state index contributed by atoms with van der Waals surface area (Å²) >= 11 is 0. The summed E-state index contributed by atoms with van der Waals surface area (Å²) in [6.45, 7) is 3.53. The van der Waals surface area contributed by atoms with E-state index < -0.39 is 0 Å². The van der Waals surface area contributed by atoms with Crippen molar-refractivity contribution in [3.05, 3.63) is 54.1 Å². The Morgan fingerprint density at radius 3 is 2.52 bits per heavy atom. The number of likely N-dealkylation sites (N-methyl/N-ethyl adjacent to an activating group) is 1. The SMILES string of the molecule is CN1CCN(C(=O)/C=C/c2cccc3ccccc23)CC1. The molecule has 0 atom stereocenters. The molecule has 0 aromatic heterocycles. The Bertz CT molecular complexity index is 664. The Hall–Kier alpha value is -2.13. The number of carbonyl (C=O) groups excluding carboxylic acids is 1. The fraction of sp³-hybridized carbons (Fsp3) is 0.278. The second kappa shape index (κ2) is 6.10. The number of hydrogen-bond acceptors (Lipinski definition) is 2. The highest BCUT2D eigenvalue weighted by Crippen LogP contribution is 2.19. The van der Waals surface area contributed by atoms with Gasteiger partial charge < -0.3 is 9.80 Å². The average molecular weight is 280 g/mol. The number of piperazine rings is 1. The van der Waals surface area contributed by atoms with E-state index in [1.165, 1.54) is 10.8 Å². The van der Waals surface area contributed by atoms with Crippen molar-refractivity contribution in [2.24, 2.45) is 0 Å². The van der Waals surface area contributed by atoms with Gasteiger partial charge in [0, 0.05) is 32.3 Å². The molecular formula is C18H20N2O. The molecular weight excluding hydrogens is 260 g/mol. The first kappa shape index (κ1) is 13.8. The summed E-state index contributed by atoms with van der Waals surface area (Å²) in [5, 5.41) is 2.38. The largest absolute Gasteiger partial charge is 0.337 e. The van der Waals surface area contributed by atoms with E-state index in [4.69, 9.17) is 0 Å². The third-order valence-electron chi connectivity index (χ3n) is 4.04. The van der Waals surface area contributed by atoms with Gasteiger partial charge in [-0.1, -0.05) is 42.5 Å². The minimum Gasteiger partial charge on any atom is -0.337 e. The molecule has 1 fully saturated rings. The summed E-state index contributed by atoms with van der Waals surface area (Å²) in [4.78, 5) is 16.4. The van der Waals surface area contributed by atoms with Gasteiger partial charge in [-0.2, -0.15) is 0 Å². The lowest BCUT2D eigenvalue weighted by Gasteiger charge is -2.31. The maximum absolute atomic E-state index is 12.2. The number of carbonyl (C=O) groups is 1. The highest BCUT2D eigenvalue weighted by molar-refractivity contribution is 5.96. The van der Waals surface area contributed by atoms with E-state index in [0.717, 1.165) is 31.7 Å². The fourth-order valence-electron chi connectivity index (χ4n) is 2.69. The van der Waals surface area contributed by atoms with Crippen LogP contribution in [0.4, 0.5) is 0 Å². The molecule has 0 spiro atoms. The molecule has 2 aromatic rings. The lowest BCUT2D eigenvalue weighted by atomic mass is 10.0. The van der Waals surface area contributed by atoms with Crippen LogP contribution in [-0.4, -0.2) is 48.9 Å². The zero-order chi connectivity index (χ0) is 14.7. The molecule has 0 N–H and O–H groups in total. The molecule has 1 heterocycles. The van der Waals surface area contributed by atoms with Gasteiger partial charge in [-0.05, 0) is 29.5 Å². The number of rotatable bonds is 2. The maximum atomic E-state index is 12.2. The fourth-order valence-corrected chi connectivity index (χ4v) is 2.69. The Morgan fingerprint density at radius 1 is 1.00 bits per heavy atom. The topological polar surface area (TPSA) is 23.6 Å². The van der Waals surface area contributed by atoms with Crippen LogP contribution in [-0.2, 0) is 4.79 Å². The summed E-state index contributed by atoms with van der Waals surface area (Å²) < 4.78 is 0. The molecule has 0 unspecified atom stereocenters. The van der Waals surface area contributed by atoms with Gasteiger partial charge in [-0.3, -0.25) is 4.79 Å². The average Bonchev–Trinajstić information content (AvgIpc) is 2.53. The summed E-state index contributed by atoms with van der Waals surface area (Å²) in [7, 11) is 2.09. The first-order chi connectivity index (χ1) is 10.2. The van der Waals surface area contributed by atoms with E-state index in [-0.39, 0.29) is 5.91 Å². The predicted molar refractivity (Wildman–Crippen MR) is 87.1 cm³/mol. The molecule has 3 rings (SSSR count). The Balaban J connectivity index is 1.77. The lowest BCUT2D eigenvalue weighted by Crippen LogP contribution is -2.46. The van der Waals surface area contributed by atoms with Crippen molar-refractivity contribution < 1.29 is 4.79 Å². The van der Waals surface area contributed by atoms with E-state index in [2.05, 4.69) is 36.2 Å². The molecule has 108 valence electrons. The van der Waals surface area contributed by atoms with Gasteiger partial charge in [0.25, 0.3) is 0 Å². The first-order valence-electron chi connectivity index (χ1n) is 7.37. The smallest absolute Gasteiger partial charge is 0.246 e. The van der Waals surface area contributed by atoms with Crippen LogP contribution in [0.25, 0.3) is 16.8 Å². The molecule has 0 bridgehead atoms. The Kier molecular flexibility index (Phi) is 4.02. The van der Waals surface area contributed by atoms with Gasteiger partial charge in [0.1, 0.15) is 0 Å². The molecule has 1 saturated heterocycles. The molecule has 1 amide bonds. The second-order valence-electron chi connectivity index (χ2n) is 5.53. The van der Waals surface area contributed by atoms with Crippen molar-refractivity contribution in [2.45, 2.75) is 0 Å². The third kappa shape index (κ3) is 3.14. The van der Waals surface area contributed by atoms with E-state index >= 15 is 0 Å².